The highest BCUT2D eigenvalue weighted by Gasteiger charge is 2.21. The molecule has 0 saturated carbocycles. The topological polar surface area (TPSA) is 53.3 Å². The first-order valence-electron chi connectivity index (χ1n) is 9.17. The number of hydrogen-bond donors (Lipinski definition) is 0. The molecule has 2 aliphatic rings. The van der Waals surface area contributed by atoms with E-state index in [0.717, 1.165) is 55.3 Å². The Hall–Kier alpha value is -1.37. The lowest BCUT2D eigenvalue weighted by Crippen LogP contribution is -2.29. The predicted octanol–water partition coefficient (Wildman–Crippen LogP) is 3.24. The standard InChI is InChI=1S/C19H24N2O3S/c22-18-16-8-1-2-9-17(16)20-19(21(18)12-14-7-5-11-23-14)25-13-15-6-3-4-10-24-15/h1-2,8-9,14-15H,3-7,10-13H2/t14-,15+/m1/s1. The summed E-state index contributed by atoms with van der Waals surface area (Å²) < 4.78 is 13.4. The van der Waals surface area contributed by atoms with Gasteiger partial charge in [-0.15, -0.1) is 0 Å². The van der Waals surface area contributed by atoms with Crippen LogP contribution in [0.25, 0.3) is 10.9 Å². The highest BCUT2D eigenvalue weighted by atomic mass is 32.2. The maximum atomic E-state index is 13.0. The molecule has 6 heteroatoms. The van der Waals surface area contributed by atoms with E-state index in [1.165, 1.54) is 6.42 Å². The molecule has 4 rings (SSSR count). The first-order valence-corrected chi connectivity index (χ1v) is 10.2. The minimum absolute atomic E-state index is 0.0353. The van der Waals surface area contributed by atoms with Gasteiger partial charge in [-0.2, -0.15) is 0 Å². The van der Waals surface area contributed by atoms with Crippen molar-refractivity contribution in [1.82, 2.24) is 9.55 Å². The van der Waals surface area contributed by atoms with E-state index in [9.17, 15) is 4.79 Å². The van der Waals surface area contributed by atoms with Crippen molar-refractivity contribution >= 4 is 22.7 Å². The number of fused-ring (bicyclic) bond motifs is 1. The van der Waals surface area contributed by atoms with Crippen LogP contribution in [0.5, 0.6) is 0 Å². The van der Waals surface area contributed by atoms with Crippen LogP contribution in [0, 0.1) is 0 Å². The summed E-state index contributed by atoms with van der Waals surface area (Å²) in [4.78, 5) is 17.8. The third kappa shape index (κ3) is 3.91. The Morgan fingerprint density at radius 1 is 1.08 bits per heavy atom. The summed E-state index contributed by atoms with van der Waals surface area (Å²) in [6, 6.07) is 7.59. The number of aromatic nitrogens is 2. The maximum absolute atomic E-state index is 13.0. The molecule has 0 spiro atoms. The zero-order valence-electron chi connectivity index (χ0n) is 14.4. The van der Waals surface area contributed by atoms with Crippen LogP contribution in [0.4, 0.5) is 0 Å². The fourth-order valence-electron chi connectivity index (χ4n) is 3.52. The summed E-state index contributed by atoms with van der Waals surface area (Å²) in [7, 11) is 0. The highest BCUT2D eigenvalue weighted by molar-refractivity contribution is 7.99. The van der Waals surface area contributed by atoms with Gasteiger partial charge in [0, 0.05) is 19.0 Å². The SMILES string of the molecule is O=c1c2ccccc2nc(SC[C@@H]2CCCCO2)n1C[C@H]1CCCO1. The van der Waals surface area contributed by atoms with Crippen molar-refractivity contribution in [2.24, 2.45) is 0 Å². The van der Waals surface area contributed by atoms with Gasteiger partial charge in [-0.3, -0.25) is 9.36 Å². The molecule has 0 radical (unpaired) electrons. The van der Waals surface area contributed by atoms with Crippen LogP contribution in [0.2, 0.25) is 0 Å². The molecule has 1 aromatic carbocycles. The molecule has 0 bridgehead atoms. The molecule has 0 aliphatic carbocycles. The smallest absolute Gasteiger partial charge is 0.262 e. The summed E-state index contributed by atoms with van der Waals surface area (Å²) >= 11 is 1.64. The second-order valence-electron chi connectivity index (χ2n) is 6.76. The van der Waals surface area contributed by atoms with E-state index < -0.39 is 0 Å². The molecule has 3 heterocycles. The van der Waals surface area contributed by atoms with Crippen molar-refractivity contribution in [3.8, 4) is 0 Å². The van der Waals surface area contributed by atoms with Crippen molar-refractivity contribution in [1.29, 1.82) is 0 Å². The van der Waals surface area contributed by atoms with Gasteiger partial charge >= 0.3 is 0 Å². The van der Waals surface area contributed by atoms with E-state index in [0.29, 0.717) is 11.9 Å². The molecule has 0 unspecified atom stereocenters. The van der Waals surface area contributed by atoms with E-state index in [4.69, 9.17) is 14.5 Å². The normalized spacial score (nSPS) is 24.0. The summed E-state index contributed by atoms with van der Waals surface area (Å²) in [5.41, 5.74) is 0.802. The number of nitrogens with zero attached hydrogens (tertiary/aromatic N) is 2. The Kier molecular flexibility index (Phi) is 5.39. The van der Waals surface area contributed by atoms with Gasteiger partial charge in [0.05, 0.1) is 29.7 Å². The monoisotopic (exact) mass is 360 g/mol. The second kappa shape index (κ2) is 7.89. The quantitative estimate of drug-likeness (QED) is 0.605. The molecule has 5 nitrogen and oxygen atoms in total. The Labute approximate surface area is 151 Å². The van der Waals surface area contributed by atoms with Crippen LogP contribution in [0.1, 0.15) is 32.1 Å². The summed E-state index contributed by atoms with van der Waals surface area (Å²) in [6.07, 6.45) is 5.92. The van der Waals surface area contributed by atoms with Gasteiger partial charge in [0.1, 0.15) is 0 Å². The van der Waals surface area contributed by atoms with Crippen molar-refractivity contribution in [3.05, 3.63) is 34.6 Å². The Bertz CT molecular complexity index is 780. The lowest BCUT2D eigenvalue weighted by molar-refractivity contribution is 0.0315. The van der Waals surface area contributed by atoms with Crippen LogP contribution in [-0.2, 0) is 16.0 Å². The summed E-state index contributed by atoms with van der Waals surface area (Å²) in [6.45, 7) is 2.22. The summed E-state index contributed by atoms with van der Waals surface area (Å²) in [5, 5.41) is 1.46. The van der Waals surface area contributed by atoms with Crippen LogP contribution in [0.3, 0.4) is 0 Å². The number of para-hydroxylation sites is 1. The largest absolute Gasteiger partial charge is 0.377 e. The van der Waals surface area contributed by atoms with Gasteiger partial charge in [-0.1, -0.05) is 23.9 Å². The summed E-state index contributed by atoms with van der Waals surface area (Å²) in [5.74, 6) is 0.844. The minimum Gasteiger partial charge on any atom is -0.377 e. The van der Waals surface area contributed by atoms with Crippen LogP contribution >= 0.6 is 11.8 Å². The Morgan fingerprint density at radius 2 is 1.88 bits per heavy atom. The first kappa shape index (κ1) is 17.1. The van der Waals surface area contributed by atoms with Gasteiger partial charge in [-0.25, -0.2) is 4.98 Å². The molecule has 25 heavy (non-hydrogen) atoms. The number of rotatable bonds is 5. The number of thioether (sulfide) groups is 1. The van der Waals surface area contributed by atoms with Gasteiger partial charge in [0.15, 0.2) is 5.16 Å². The van der Waals surface area contributed by atoms with E-state index in [2.05, 4.69) is 0 Å². The average molecular weight is 360 g/mol. The second-order valence-corrected chi connectivity index (χ2v) is 7.75. The molecular formula is C19H24N2O3S. The molecule has 2 atom stereocenters. The number of ether oxygens (including phenoxy) is 2. The van der Waals surface area contributed by atoms with E-state index in [1.54, 1.807) is 11.8 Å². The van der Waals surface area contributed by atoms with Crippen LogP contribution < -0.4 is 5.56 Å². The zero-order chi connectivity index (χ0) is 17.1. The lowest BCUT2D eigenvalue weighted by atomic mass is 10.1. The molecule has 2 aliphatic heterocycles. The predicted molar refractivity (Wildman–Crippen MR) is 99.3 cm³/mol. The number of benzene rings is 1. The lowest BCUT2D eigenvalue weighted by Gasteiger charge is -2.23. The average Bonchev–Trinajstić information content (AvgIpc) is 3.17. The molecule has 2 fully saturated rings. The molecular weight excluding hydrogens is 336 g/mol. The molecule has 134 valence electrons. The van der Waals surface area contributed by atoms with Gasteiger partial charge in [-0.05, 0) is 44.2 Å². The van der Waals surface area contributed by atoms with Crippen molar-refractivity contribution in [2.45, 2.75) is 56.0 Å². The van der Waals surface area contributed by atoms with Crippen molar-refractivity contribution < 1.29 is 9.47 Å². The fourth-order valence-corrected chi connectivity index (χ4v) is 4.59. The highest BCUT2D eigenvalue weighted by Crippen LogP contribution is 2.24. The molecule has 2 saturated heterocycles. The van der Waals surface area contributed by atoms with Gasteiger partial charge < -0.3 is 9.47 Å². The zero-order valence-corrected chi connectivity index (χ0v) is 15.2. The molecule has 0 N–H and O–H groups in total. The van der Waals surface area contributed by atoms with Gasteiger partial charge in [0.2, 0.25) is 0 Å². The van der Waals surface area contributed by atoms with E-state index in [1.807, 2.05) is 28.8 Å². The maximum Gasteiger partial charge on any atom is 0.262 e. The molecule has 1 aromatic heterocycles. The van der Waals surface area contributed by atoms with Crippen LogP contribution in [-0.4, -0.2) is 40.7 Å². The molecule has 0 amide bonds. The van der Waals surface area contributed by atoms with E-state index >= 15 is 0 Å². The Balaban J connectivity index is 1.63. The van der Waals surface area contributed by atoms with E-state index in [-0.39, 0.29) is 17.8 Å². The first-order chi connectivity index (χ1) is 12.3. The Morgan fingerprint density at radius 3 is 2.68 bits per heavy atom. The number of hydrogen-bond acceptors (Lipinski definition) is 5. The van der Waals surface area contributed by atoms with Crippen LogP contribution in [0.15, 0.2) is 34.2 Å². The minimum atomic E-state index is 0.0353. The molecule has 2 aromatic rings. The van der Waals surface area contributed by atoms with Crippen molar-refractivity contribution in [3.63, 3.8) is 0 Å². The van der Waals surface area contributed by atoms with Gasteiger partial charge in [0.25, 0.3) is 5.56 Å². The third-order valence-electron chi connectivity index (χ3n) is 4.91. The fraction of sp³-hybridized carbons (Fsp3) is 0.579. The third-order valence-corrected chi connectivity index (χ3v) is 6.02. The van der Waals surface area contributed by atoms with Crippen molar-refractivity contribution in [2.75, 3.05) is 19.0 Å².